The molecule has 1 aromatic rings. The Kier molecular flexibility index (Phi) is 5.02. The van der Waals surface area contributed by atoms with Crippen molar-refractivity contribution in [2.75, 3.05) is 31.7 Å². The highest BCUT2D eigenvalue weighted by Gasteiger charge is 2.31. The maximum Gasteiger partial charge on any atom is 0.416 e. The van der Waals surface area contributed by atoms with Crippen molar-refractivity contribution < 1.29 is 22.6 Å². The zero-order chi connectivity index (χ0) is 15.5. The van der Waals surface area contributed by atoms with E-state index in [-0.39, 0.29) is 16.7 Å². The van der Waals surface area contributed by atoms with Crippen molar-refractivity contribution in [1.29, 1.82) is 0 Å². The molecule has 1 aliphatic rings. The van der Waals surface area contributed by atoms with E-state index in [1.165, 1.54) is 6.07 Å². The number of benzene rings is 1. The standard InChI is InChI=1S/C13H15F3N2O2S/c14-13(15,16)8-1-2-11(10(5-8)12(17)21)18-6-9-7-19-3-4-20-9/h1-2,5,9,18H,3-4,6-7H2,(H2,17,21). The van der Waals surface area contributed by atoms with E-state index in [0.29, 0.717) is 32.1 Å². The highest BCUT2D eigenvalue weighted by molar-refractivity contribution is 7.80. The number of rotatable bonds is 4. The molecule has 0 amide bonds. The van der Waals surface area contributed by atoms with Crippen LogP contribution in [0.15, 0.2) is 18.2 Å². The van der Waals surface area contributed by atoms with Crippen LogP contribution in [0.3, 0.4) is 0 Å². The molecule has 0 saturated carbocycles. The predicted molar refractivity (Wildman–Crippen MR) is 76.4 cm³/mol. The van der Waals surface area contributed by atoms with Gasteiger partial charge in [-0.05, 0) is 18.2 Å². The second-order valence-corrected chi connectivity index (χ2v) is 5.01. The molecule has 0 radical (unpaired) electrons. The lowest BCUT2D eigenvalue weighted by Gasteiger charge is -2.24. The van der Waals surface area contributed by atoms with E-state index >= 15 is 0 Å². The first-order chi connectivity index (χ1) is 9.88. The third-order valence-corrected chi connectivity index (χ3v) is 3.24. The smallest absolute Gasteiger partial charge is 0.389 e. The normalized spacial score (nSPS) is 19.3. The topological polar surface area (TPSA) is 56.5 Å². The summed E-state index contributed by atoms with van der Waals surface area (Å²) >= 11 is 4.82. The fraction of sp³-hybridized carbons (Fsp3) is 0.462. The molecule has 4 nitrogen and oxygen atoms in total. The number of halogens is 3. The Morgan fingerprint density at radius 1 is 1.38 bits per heavy atom. The number of nitrogens with two attached hydrogens (primary N) is 1. The van der Waals surface area contributed by atoms with Gasteiger partial charge in [-0.25, -0.2) is 0 Å². The van der Waals surface area contributed by atoms with Gasteiger partial charge in [-0.15, -0.1) is 0 Å². The molecule has 8 heteroatoms. The first-order valence-electron chi connectivity index (χ1n) is 6.32. The molecule has 0 spiro atoms. The van der Waals surface area contributed by atoms with Crippen molar-refractivity contribution in [3.05, 3.63) is 29.3 Å². The zero-order valence-electron chi connectivity index (χ0n) is 11.1. The molecule has 21 heavy (non-hydrogen) atoms. The zero-order valence-corrected chi connectivity index (χ0v) is 11.9. The lowest BCUT2D eigenvalue weighted by atomic mass is 10.1. The van der Waals surface area contributed by atoms with Crippen LogP contribution >= 0.6 is 12.2 Å². The van der Waals surface area contributed by atoms with Gasteiger partial charge in [0.2, 0.25) is 0 Å². The molecule has 1 aromatic carbocycles. The Morgan fingerprint density at radius 3 is 2.71 bits per heavy atom. The Morgan fingerprint density at radius 2 is 2.14 bits per heavy atom. The summed E-state index contributed by atoms with van der Waals surface area (Å²) in [6, 6.07) is 3.26. The monoisotopic (exact) mass is 320 g/mol. The van der Waals surface area contributed by atoms with E-state index in [9.17, 15) is 13.2 Å². The maximum atomic E-state index is 12.7. The number of thiocarbonyl (C=S) groups is 1. The second kappa shape index (κ2) is 6.59. The van der Waals surface area contributed by atoms with E-state index < -0.39 is 11.7 Å². The van der Waals surface area contributed by atoms with Crippen molar-refractivity contribution in [1.82, 2.24) is 0 Å². The van der Waals surface area contributed by atoms with Crippen molar-refractivity contribution in [3.63, 3.8) is 0 Å². The number of alkyl halides is 3. The van der Waals surface area contributed by atoms with Gasteiger partial charge < -0.3 is 20.5 Å². The van der Waals surface area contributed by atoms with Gasteiger partial charge >= 0.3 is 6.18 Å². The summed E-state index contributed by atoms with van der Waals surface area (Å²) in [5.41, 5.74) is 5.33. The molecule has 0 bridgehead atoms. The molecular weight excluding hydrogens is 305 g/mol. The van der Waals surface area contributed by atoms with Gasteiger partial charge in [-0.3, -0.25) is 0 Å². The number of ether oxygens (including phenoxy) is 2. The average Bonchev–Trinajstić information content (AvgIpc) is 2.45. The molecule has 1 unspecified atom stereocenters. The van der Waals surface area contributed by atoms with Gasteiger partial charge in [0.25, 0.3) is 0 Å². The van der Waals surface area contributed by atoms with Crippen LogP contribution in [0.2, 0.25) is 0 Å². The van der Waals surface area contributed by atoms with Crippen molar-refractivity contribution in [2.45, 2.75) is 12.3 Å². The predicted octanol–water partition coefficient (Wildman–Crippen LogP) is 2.17. The Balaban J connectivity index is 2.12. The summed E-state index contributed by atoms with van der Waals surface area (Å²) in [6.07, 6.45) is -4.58. The summed E-state index contributed by atoms with van der Waals surface area (Å²) in [5, 5.41) is 3.00. The van der Waals surface area contributed by atoms with Gasteiger partial charge in [0.05, 0.1) is 31.5 Å². The molecule has 2 rings (SSSR count). The Hall–Kier alpha value is -1.38. The summed E-state index contributed by atoms with van der Waals surface area (Å²) in [5.74, 6) is 0. The van der Waals surface area contributed by atoms with Crippen LogP contribution < -0.4 is 11.1 Å². The number of anilines is 1. The minimum absolute atomic E-state index is 0.0931. The average molecular weight is 320 g/mol. The molecule has 1 heterocycles. The summed E-state index contributed by atoms with van der Waals surface area (Å²) < 4.78 is 48.8. The first-order valence-corrected chi connectivity index (χ1v) is 6.73. The molecule has 0 aromatic heterocycles. The lowest BCUT2D eigenvalue weighted by molar-refractivity contribution is -0.137. The van der Waals surface area contributed by atoms with Gasteiger partial charge in [0.15, 0.2) is 0 Å². The number of hydrogen-bond donors (Lipinski definition) is 2. The number of nitrogens with one attached hydrogen (secondary N) is 1. The largest absolute Gasteiger partial charge is 0.416 e. The molecule has 1 saturated heterocycles. The van der Waals surface area contributed by atoms with Crippen LogP contribution in [0.1, 0.15) is 11.1 Å². The summed E-state index contributed by atoms with van der Waals surface area (Å²) in [7, 11) is 0. The minimum atomic E-state index is -4.43. The third-order valence-electron chi connectivity index (χ3n) is 3.02. The van der Waals surface area contributed by atoms with Gasteiger partial charge in [-0.1, -0.05) is 12.2 Å². The molecule has 1 aliphatic heterocycles. The Labute approximate surface area is 125 Å². The van der Waals surface area contributed by atoms with E-state index in [1.807, 2.05) is 0 Å². The van der Waals surface area contributed by atoms with E-state index in [0.717, 1.165) is 12.1 Å². The van der Waals surface area contributed by atoms with Crippen LogP contribution in [-0.2, 0) is 15.7 Å². The van der Waals surface area contributed by atoms with Gasteiger partial charge in [-0.2, -0.15) is 13.2 Å². The van der Waals surface area contributed by atoms with Crippen molar-refractivity contribution >= 4 is 22.9 Å². The van der Waals surface area contributed by atoms with Crippen LogP contribution in [0.25, 0.3) is 0 Å². The summed E-state index contributed by atoms with van der Waals surface area (Å²) in [6.45, 7) is 1.90. The van der Waals surface area contributed by atoms with Gasteiger partial charge in [0, 0.05) is 17.8 Å². The molecule has 0 aliphatic carbocycles. The molecule has 3 N–H and O–H groups in total. The highest BCUT2D eigenvalue weighted by atomic mass is 32.1. The molecule has 1 atom stereocenters. The maximum absolute atomic E-state index is 12.7. The second-order valence-electron chi connectivity index (χ2n) is 4.57. The summed E-state index contributed by atoms with van der Waals surface area (Å²) in [4.78, 5) is -0.0931. The minimum Gasteiger partial charge on any atom is -0.389 e. The third kappa shape index (κ3) is 4.29. The van der Waals surface area contributed by atoms with E-state index in [2.05, 4.69) is 5.32 Å². The van der Waals surface area contributed by atoms with Crippen LogP contribution in [-0.4, -0.2) is 37.5 Å². The molecular formula is C13H15F3N2O2S. The Bertz CT molecular complexity index is 517. The van der Waals surface area contributed by atoms with Crippen molar-refractivity contribution in [2.24, 2.45) is 5.73 Å². The lowest BCUT2D eigenvalue weighted by Crippen LogP contribution is -2.34. The van der Waals surface area contributed by atoms with Crippen LogP contribution in [0.5, 0.6) is 0 Å². The molecule has 1 fully saturated rings. The first kappa shape index (κ1) is 16.0. The quantitative estimate of drug-likeness (QED) is 0.833. The van der Waals surface area contributed by atoms with Gasteiger partial charge in [0.1, 0.15) is 4.99 Å². The highest BCUT2D eigenvalue weighted by Crippen LogP contribution is 2.31. The molecule has 116 valence electrons. The van der Waals surface area contributed by atoms with E-state index in [1.54, 1.807) is 0 Å². The fourth-order valence-electron chi connectivity index (χ4n) is 1.96. The SMILES string of the molecule is NC(=S)c1cc(C(F)(F)F)ccc1NCC1COCCO1. The van der Waals surface area contributed by atoms with E-state index in [4.69, 9.17) is 27.4 Å². The van der Waals surface area contributed by atoms with Crippen LogP contribution in [0, 0.1) is 0 Å². The van der Waals surface area contributed by atoms with Crippen LogP contribution in [0.4, 0.5) is 18.9 Å². The van der Waals surface area contributed by atoms with Crippen molar-refractivity contribution in [3.8, 4) is 0 Å². The number of hydrogen-bond acceptors (Lipinski definition) is 4. The fourth-order valence-corrected chi connectivity index (χ4v) is 2.13.